The second-order valence-electron chi connectivity index (χ2n) is 9.51. The van der Waals surface area contributed by atoms with Crippen LogP contribution in [0.1, 0.15) is 52.9 Å². The first-order chi connectivity index (χ1) is 15.6. The van der Waals surface area contributed by atoms with Crippen molar-refractivity contribution in [2.45, 2.75) is 52.9 Å². The second-order valence-corrected chi connectivity index (χ2v) is 9.51. The van der Waals surface area contributed by atoms with E-state index in [9.17, 15) is 0 Å². The molecule has 1 fully saturated rings. The molecule has 1 aromatic heterocycles. The van der Waals surface area contributed by atoms with E-state index in [1.165, 1.54) is 38.8 Å². The van der Waals surface area contributed by atoms with E-state index in [4.69, 9.17) is 19.4 Å². The van der Waals surface area contributed by atoms with Crippen molar-refractivity contribution in [2.75, 3.05) is 32.8 Å². The van der Waals surface area contributed by atoms with E-state index < -0.39 is 0 Å². The molecule has 5 heteroatoms. The maximum Gasteiger partial charge on any atom is 0.121 e. The number of ether oxygens (including phenoxy) is 2. The number of rotatable bonds is 13. The monoisotopic (exact) mass is 435 g/mol. The summed E-state index contributed by atoms with van der Waals surface area (Å²) in [7, 11) is 0. The highest BCUT2D eigenvalue weighted by Gasteiger charge is 2.21. The molecule has 0 aliphatic heterocycles. The van der Waals surface area contributed by atoms with Crippen molar-refractivity contribution < 1.29 is 9.47 Å². The van der Waals surface area contributed by atoms with Gasteiger partial charge < -0.3 is 14.4 Å². The molecule has 0 N–H and O–H groups in total. The quantitative estimate of drug-likeness (QED) is 0.240. The largest absolute Gasteiger partial charge is 0.493 e. The van der Waals surface area contributed by atoms with Gasteiger partial charge in [0.1, 0.15) is 11.5 Å². The lowest BCUT2D eigenvalue weighted by Crippen LogP contribution is -2.28. The topological polar surface area (TPSA) is 47.5 Å². The van der Waals surface area contributed by atoms with Crippen molar-refractivity contribution >= 4 is 22.1 Å². The molecule has 1 aliphatic carbocycles. The number of hydrogen-bond donors (Lipinski definition) is 0. The zero-order chi connectivity index (χ0) is 22.3. The normalized spacial score (nSPS) is 14.0. The van der Waals surface area contributed by atoms with Gasteiger partial charge in [-0.1, -0.05) is 33.6 Å². The summed E-state index contributed by atoms with van der Waals surface area (Å²) in [6, 6.07) is 11.9. The fraction of sp³-hybridized carbons (Fsp3) is 0.556. The third-order valence-electron chi connectivity index (χ3n) is 5.94. The lowest BCUT2D eigenvalue weighted by Gasteiger charge is -2.21. The van der Waals surface area contributed by atoms with Gasteiger partial charge in [0, 0.05) is 18.7 Å². The van der Waals surface area contributed by atoms with Gasteiger partial charge in [0.25, 0.3) is 0 Å². The van der Waals surface area contributed by atoms with Gasteiger partial charge in [0.2, 0.25) is 0 Å². The summed E-state index contributed by atoms with van der Waals surface area (Å²) in [6.45, 7) is 11.5. The molecule has 172 valence electrons. The first-order valence-electron chi connectivity index (χ1n) is 12.3. The van der Waals surface area contributed by atoms with Crippen LogP contribution >= 0.6 is 0 Å². The van der Waals surface area contributed by atoms with Crippen molar-refractivity contribution in [1.29, 1.82) is 0 Å². The van der Waals surface area contributed by atoms with Gasteiger partial charge in [-0.15, -0.1) is 0 Å². The van der Waals surface area contributed by atoms with Crippen molar-refractivity contribution in [1.82, 2.24) is 14.9 Å². The number of benzene rings is 2. The minimum Gasteiger partial charge on any atom is -0.493 e. The summed E-state index contributed by atoms with van der Waals surface area (Å²) in [4.78, 5) is 12.2. The molecule has 5 nitrogen and oxygen atoms in total. The standard InChI is InChI=1S/C27H37N3O2/c1-4-13-30(15-12-21-6-7-21)14-5-16-31-22-8-10-24-26(17-22)29-27-18-23(32-19-20(2)3)9-11-25(27)28-24/h8-11,17-18,20-21H,4-7,12-16,19H2,1-3H3. The first kappa shape index (κ1) is 22.8. The van der Waals surface area contributed by atoms with Crippen LogP contribution in [0.25, 0.3) is 22.1 Å². The molecule has 1 heterocycles. The van der Waals surface area contributed by atoms with Gasteiger partial charge in [0.05, 0.1) is 35.3 Å². The predicted octanol–water partition coefficient (Wildman–Crippen LogP) is 6.10. The number of fused-ring (bicyclic) bond motifs is 2. The third-order valence-corrected chi connectivity index (χ3v) is 5.94. The predicted molar refractivity (Wildman–Crippen MR) is 132 cm³/mol. The van der Waals surface area contributed by atoms with Gasteiger partial charge in [0.15, 0.2) is 0 Å². The SMILES string of the molecule is CCCN(CCCOc1ccc2nc3ccc(OCC(C)C)cc3nc2c1)CCC1CC1. The van der Waals surface area contributed by atoms with Crippen LogP contribution in [0.15, 0.2) is 36.4 Å². The maximum atomic E-state index is 6.06. The fourth-order valence-corrected chi connectivity index (χ4v) is 3.98. The zero-order valence-electron chi connectivity index (χ0n) is 19.8. The van der Waals surface area contributed by atoms with Gasteiger partial charge in [-0.25, -0.2) is 9.97 Å². The molecule has 2 aromatic carbocycles. The highest BCUT2D eigenvalue weighted by atomic mass is 16.5. The number of aromatic nitrogens is 2. The van der Waals surface area contributed by atoms with Crippen LogP contribution < -0.4 is 9.47 Å². The Morgan fingerprint density at radius 2 is 1.53 bits per heavy atom. The molecule has 32 heavy (non-hydrogen) atoms. The molecular weight excluding hydrogens is 398 g/mol. The summed E-state index contributed by atoms with van der Waals surface area (Å²) >= 11 is 0. The van der Waals surface area contributed by atoms with Gasteiger partial charge in [-0.2, -0.15) is 0 Å². The molecular formula is C27H37N3O2. The van der Waals surface area contributed by atoms with E-state index in [2.05, 4.69) is 25.7 Å². The summed E-state index contributed by atoms with van der Waals surface area (Å²) in [5.74, 6) is 3.18. The molecule has 4 rings (SSSR count). The minimum atomic E-state index is 0.486. The molecule has 0 unspecified atom stereocenters. The maximum absolute atomic E-state index is 6.06. The Morgan fingerprint density at radius 3 is 2.16 bits per heavy atom. The molecule has 1 saturated carbocycles. The Labute approximate surface area is 192 Å². The third kappa shape index (κ3) is 6.55. The molecule has 0 spiro atoms. The van der Waals surface area contributed by atoms with E-state index in [1.54, 1.807) is 0 Å². The highest BCUT2D eigenvalue weighted by Crippen LogP contribution is 2.32. The summed E-state index contributed by atoms with van der Waals surface area (Å²) < 4.78 is 11.9. The van der Waals surface area contributed by atoms with E-state index in [0.29, 0.717) is 12.5 Å². The number of nitrogens with zero attached hydrogens (tertiary/aromatic N) is 3. The van der Waals surface area contributed by atoms with E-state index >= 15 is 0 Å². The van der Waals surface area contributed by atoms with Gasteiger partial charge in [-0.3, -0.25) is 0 Å². The Morgan fingerprint density at radius 1 is 0.875 bits per heavy atom. The highest BCUT2D eigenvalue weighted by molar-refractivity contribution is 5.87. The molecule has 0 bridgehead atoms. The van der Waals surface area contributed by atoms with Crippen molar-refractivity contribution in [2.24, 2.45) is 11.8 Å². The van der Waals surface area contributed by atoms with Crippen LogP contribution in [0.5, 0.6) is 11.5 Å². The van der Waals surface area contributed by atoms with Crippen LogP contribution in [0.2, 0.25) is 0 Å². The molecule has 0 amide bonds. The van der Waals surface area contributed by atoms with Crippen molar-refractivity contribution in [3.8, 4) is 11.5 Å². The van der Waals surface area contributed by atoms with Crippen LogP contribution in [0.3, 0.4) is 0 Å². The summed E-state index contributed by atoms with van der Waals surface area (Å²) in [6.07, 6.45) is 6.50. The molecule has 1 aliphatic rings. The fourth-order valence-electron chi connectivity index (χ4n) is 3.98. The Hall–Kier alpha value is -2.40. The van der Waals surface area contributed by atoms with Crippen LogP contribution in [0, 0.1) is 11.8 Å². The zero-order valence-corrected chi connectivity index (χ0v) is 19.8. The smallest absolute Gasteiger partial charge is 0.121 e. The van der Waals surface area contributed by atoms with E-state index in [0.717, 1.165) is 59.1 Å². The molecule has 0 radical (unpaired) electrons. The molecule has 0 atom stereocenters. The van der Waals surface area contributed by atoms with E-state index in [1.807, 2.05) is 36.4 Å². The lowest BCUT2D eigenvalue weighted by atomic mass is 10.2. The average molecular weight is 436 g/mol. The Bertz CT molecular complexity index is 1020. The van der Waals surface area contributed by atoms with Gasteiger partial charge >= 0.3 is 0 Å². The Kier molecular flexibility index (Phi) is 7.80. The lowest BCUT2D eigenvalue weighted by molar-refractivity contribution is 0.229. The average Bonchev–Trinajstić information content (AvgIpc) is 3.61. The molecule has 0 saturated heterocycles. The van der Waals surface area contributed by atoms with Crippen LogP contribution in [0.4, 0.5) is 0 Å². The van der Waals surface area contributed by atoms with Crippen molar-refractivity contribution in [3.63, 3.8) is 0 Å². The van der Waals surface area contributed by atoms with Crippen LogP contribution in [-0.2, 0) is 0 Å². The number of hydrogen-bond acceptors (Lipinski definition) is 5. The summed E-state index contributed by atoms with van der Waals surface area (Å²) in [5, 5.41) is 0. The first-order valence-corrected chi connectivity index (χ1v) is 12.3. The Balaban J connectivity index is 1.35. The van der Waals surface area contributed by atoms with Gasteiger partial charge in [-0.05, 0) is 68.5 Å². The van der Waals surface area contributed by atoms with E-state index in [-0.39, 0.29) is 0 Å². The van der Waals surface area contributed by atoms with Crippen LogP contribution in [-0.4, -0.2) is 47.7 Å². The second kappa shape index (κ2) is 11.0. The summed E-state index contributed by atoms with van der Waals surface area (Å²) in [5.41, 5.74) is 3.47. The molecule has 3 aromatic rings. The van der Waals surface area contributed by atoms with Crippen molar-refractivity contribution in [3.05, 3.63) is 36.4 Å². The minimum absolute atomic E-state index is 0.486.